The molecule has 0 bridgehead atoms. The van der Waals surface area contributed by atoms with Crippen LogP contribution in [0.2, 0.25) is 5.02 Å². The molecule has 1 fully saturated rings. The lowest BCUT2D eigenvalue weighted by Crippen LogP contribution is -2.49. The third-order valence-electron chi connectivity index (χ3n) is 3.25. The minimum Gasteiger partial charge on any atom is -0.496 e. The molecule has 1 aromatic rings. The van der Waals surface area contributed by atoms with E-state index < -0.39 is 0 Å². The van der Waals surface area contributed by atoms with Crippen LogP contribution in [0.4, 0.5) is 0 Å². The van der Waals surface area contributed by atoms with Crippen LogP contribution < -0.4 is 10.1 Å². The Labute approximate surface area is 108 Å². The number of hydrogen-bond donors (Lipinski definition) is 1. The summed E-state index contributed by atoms with van der Waals surface area (Å²) in [5, 5.41) is 4.16. The third-order valence-corrected chi connectivity index (χ3v) is 3.49. The van der Waals surface area contributed by atoms with Crippen molar-refractivity contribution in [2.24, 2.45) is 0 Å². The maximum Gasteiger partial charge on any atom is 0.123 e. The Kier molecular flexibility index (Phi) is 4.26. The molecule has 0 aliphatic carbocycles. The second-order valence-electron chi connectivity index (χ2n) is 4.48. The minimum absolute atomic E-state index is 0.549. The van der Waals surface area contributed by atoms with Crippen LogP contribution in [0.5, 0.6) is 5.75 Å². The van der Waals surface area contributed by atoms with Gasteiger partial charge in [0.05, 0.1) is 7.11 Å². The molecule has 0 saturated carbocycles. The van der Waals surface area contributed by atoms with E-state index in [9.17, 15) is 0 Å². The van der Waals surface area contributed by atoms with E-state index in [2.05, 4.69) is 17.1 Å². The van der Waals surface area contributed by atoms with E-state index in [0.717, 1.165) is 42.5 Å². The van der Waals surface area contributed by atoms with Gasteiger partial charge in [0.2, 0.25) is 0 Å². The SMILES string of the molecule is COc1ccc(Cl)cc1CN1CCNCC1C. The number of piperazine rings is 1. The van der Waals surface area contributed by atoms with Crippen molar-refractivity contribution in [1.29, 1.82) is 0 Å². The van der Waals surface area contributed by atoms with Crippen LogP contribution in [0, 0.1) is 0 Å². The number of rotatable bonds is 3. The second-order valence-corrected chi connectivity index (χ2v) is 4.92. The molecule has 0 spiro atoms. The molecule has 1 saturated heterocycles. The van der Waals surface area contributed by atoms with Gasteiger partial charge in [-0.25, -0.2) is 0 Å². The van der Waals surface area contributed by atoms with Crippen molar-refractivity contribution in [2.75, 3.05) is 26.7 Å². The molecule has 0 amide bonds. The molecule has 4 heteroatoms. The van der Waals surface area contributed by atoms with Crippen molar-refractivity contribution in [3.05, 3.63) is 28.8 Å². The quantitative estimate of drug-likeness (QED) is 0.895. The van der Waals surface area contributed by atoms with Crippen LogP contribution in [0.15, 0.2) is 18.2 Å². The Morgan fingerprint density at radius 2 is 2.35 bits per heavy atom. The number of nitrogens with one attached hydrogen (secondary N) is 1. The Morgan fingerprint density at radius 3 is 3.06 bits per heavy atom. The second kappa shape index (κ2) is 5.71. The van der Waals surface area contributed by atoms with Gasteiger partial charge in [-0.15, -0.1) is 0 Å². The summed E-state index contributed by atoms with van der Waals surface area (Å²) in [4.78, 5) is 2.45. The van der Waals surface area contributed by atoms with Crippen molar-refractivity contribution in [2.45, 2.75) is 19.5 Å². The van der Waals surface area contributed by atoms with Crippen LogP contribution in [0.1, 0.15) is 12.5 Å². The molecule has 0 aromatic heterocycles. The van der Waals surface area contributed by atoms with Gasteiger partial charge < -0.3 is 10.1 Å². The van der Waals surface area contributed by atoms with Gasteiger partial charge in [0, 0.05) is 42.8 Å². The molecule has 17 heavy (non-hydrogen) atoms. The predicted octanol–water partition coefficient (Wildman–Crippen LogP) is 2.14. The van der Waals surface area contributed by atoms with Gasteiger partial charge in [0.25, 0.3) is 0 Å². The van der Waals surface area contributed by atoms with Crippen molar-refractivity contribution < 1.29 is 4.74 Å². The molecule has 2 rings (SSSR count). The fraction of sp³-hybridized carbons (Fsp3) is 0.538. The maximum atomic E-state index is 6.04. The van der Waals surface area contributed by atoms with Gasteiger partial charge in [-0.05, 0) is 25.1 Å². The molecule has 1 aliphatic heterocycles. The van der Waals surface area contributed by atoms with Gasteiger partial charge in [0.15, 0.2) is 0 Å². The first kappa shape index (κ1) is 12.7. The summed E-state index contributed by atoms with van der Waals surface area (Å²) in [5.41, 5.74) is 1.16. The summed E-state index contributed by atoms with van der Waals surface area (Å²) < 4.78 is 5.38. The number of halogens is 1. The standard InChI is InChI=1S/C13H19ClN2O/c1-10-8-15-5-6-16(10)9-11-7-12(14)3-4-13(11)17-2/h3-4,7,10,15H,5-6,8-9H2,1-2H3. The monoisotopic (exact) mass is 254 g/mol. The summed E-state index contributed by atoms with van der Waals surface area (Å²) in [6.45, 7) is 6.29. The highest BCUT2D eigenvalue weighted by molar-refractivity contribution is 6.30. The van der Waals surface area contributed by atoms with Crippen LogP contribution in [-0.2, 0) is 6.54 Å². The molecule has 3 nitrogen and oxygen atoms in total. The lowest BCUT2D eigenvalue weighted by Gasteiger charge is -2.34. The average Bonchev–Trinajstić information content (AvgIpc) is 2.32. The lowest BCUT2D eigenvalue weighted by molar-refractivity contribution is 0.164. The number of nitrogens with zero attached hydrogens (tertiary/aromatic N) is 1. The van der Waals surface area contributed by atoms with E-state index in [1.165, 1.54) is 0 Å². The van der Waals surface area contributed by atoms with Gasteiger partial charge in [-0.1, -0.05) is 11.6 Å². The summed E-state index contributed by atoms with van der Waals surface area (Å²) in [6, 6.07) is 6.34. The van der Waals surface area contributed by atoms with Crippen LogP contribution >= 0.6 is 11.6 Å². The molecule has 1 heterocycles. The molecule has 1 aromatic carbocycles. The molecule has 1 unspecified atom stereocenters. The molecule has 1 N–H and O–H groups in total. The number of hydrogen-bond acceptors (Lipinski definition) is 3. The fourth-order valence-electron chi connectivity index (χ4n) is 2.21. The van der Waals surface area contributed by atoms with Gasteiger partial charge in [-0.3, -0.25) is 4.90 Å². The average molecular weight is 255 g/mol. The third kappa shape index (κ3) is 3.12. The Hall–Kier alpha value is -0.770. The fourth-order valence-corrected chi connectivity index (χ4v) is 2.40. The summed E-state index contributed by atoms with van der Waals surface area (Å²) in [6.07, 6.45) is 0. The van der Waals surface area contributed by atoms with E-state index in [0.29, 0.717) is 6.04 Å². The van der Waals surface area contributed by atoms with E-state index in [-0.39, 0.29) is 0 Å². The van der Waals surface area contributed by atoms with E-state index in [1.54, 1.807) is 7.11 Å². The van der Waals surface area contributed by atoms with Crippen LogP contribution in [-0.4, -0.2) is 37.7 Å². The van der Waals surface area contributed by atoms with Gasteiger partial charge in [-0.2, -0.15) is 0 Å². The van der Waals surface area contributed by atoms with Crippen LogP contribution in [0.25, 0.3) is 0 Å². The van der Waals surface area contributed by atoms with Crippen molar-refractivity contribution in [3.8, 4) is 5.75 Å². The highest BCUT2D eigenvalue weighted by Crippen LogP contribution is 2.24. The Bertz CT molecular complexity index is 384. The molecule has 0 radical (unpaired) electrons. The maximum absolute atomic E-state index is 6.04. The summed E-state index contributed by atoms with van der Waals surface area (Å²) in [7, 11) is 1.70. The molecular formula is C13H19ClN2O. The zero-order valence-corrected chi connectivity index (χ0v) is 11.1. The number of methoxy groups -OCH3 is 1. The smallest absolute Gasteiger partial charge is 0.123 e. The minimum atomic E-state index is 0.549. The number of benzene rings is 1. The topological polar surface area (TPSA) is 24.5 Å². The molecule has 1 atom stereocenters. The Morgan fingerprint density at radius 1 is 1.53 bits per heavy atom. The van der Waals surface area contributed by atoms with Crippen molar-refractivity contribution in [1.82, 2.24) is 10.2 Å². The first-order valence-corrected chi connectivity index (χ1v) is 6.35. The van der Waals surface area contributed by atoms with Crippen LogP contribution in [0.3, 0.4) is 0 Å². The summed E-state index contributed by atoms with van der Waals surface area (Å²) >= 11 is 6.04. The summed E-state index contributed by atoms with van der Waals surface area (Å²) in [5.74, 6) is 0.917. The van der Waals surface area contributed by atoms with Gasteiger partial charge >= 0.3 is 0 Å². The normalized spacial score (nSPS) is 21.5. The highest BCUT2D eigenvalue weighted by Gasteiger charge is 2.19. The van der Waals surface area contributed by atoms with Crippen molar-refractivity contribution >= 4 is 11.6 Å². The first-order valence-electron chi connectivity index (χ1n) is 5.98. The first-order chi connectivity index (χ1) is 8.20. The van der Waals surface area contributed by atoms with Gasteiger partial charge in [0.1, 0.15) is 5.75 Å². The Balaban J connectivity index is 2.13. The van der Waals surface area contributed by atoms with E-state index in [1.807, 2.05) is 18.2 Å². The number of ether oxygens (including phenoxy) is 1. The van der Waals surface area contributed by atoms with E-state index in [4.69, 9.17) is 16.3 Å². The zero-order chi connectivity index (χ0) is 12.3. The predicted molar refractivity (Wildman–Crippen MR) is 70.7 cm³/mol. The zero-order valence-electron chi connectivity index (χ0n) is 10.4. The van der Waals surface area contributed by atoms with E-state index >= 15 is 0 Å². The largest absolute Gasteiger partial charge is 0.496 e. The highest BCUT2D eigenvalue weighted by atomic mass is 35.5. The molecule has 1 aliphatic rings. The molecular weight excluding hydrogens is 236 g/mol. The van der Waals surface area contributed by atoms with Crippen molar-refractivity contribution in [3.63, 3.8) is 0 Å². The molecule has 94 valence electrons. The lowest BCUT2D eigenvalue weighted by atomic mass is 10.1.